The molecule has 0 saturated carbocycles. The number of fused-ring (bicyclic) bond motifs is 2. The van der Waals surface area contributed by atoms with Gasteiger partial charge >= 0.3 is 0 Å². The standard InChI is InChI=1S/C42H28Cl4N6O4/c1-21-22(2)34(48-42(56)30-18-24-8-4-6-10-28(24)38(40(30)54)52-50-36-14-12-26(44)20-32(36)46)16-15-33(21)47-41(55)29-17-23-7-3-5-9-27(23)37(39(29)53)51-49-35-13-11-25(43)19-31(35)45/h3-20,53-54H,1-2H3,(H,47,55)(H,48,56). The van der Waals surface area contributed by atoms with Gasteiger partial charge in [0.05, 0.1) is 21.2 Å². The van der Waals surface area contributed by atoms with E-state index in [1.165, 1.54) is 12.1 Å². The number of nitrogens with one attached hydrogen (secondary N) is 2. The fraction of sp³-hybridized carbons (Fsp3) is 0.0476. The van der Waals surface area contributed by atoms with Gasteiger partial charge in [-0.15, -0.1) is 20.5 Å². The third-order valence-electron chi connectivity index (χ3n) is 9.10. The van der Waals surface area contributed by atoms with Crippen LogP contribution in [-0.4, -0.2) is 22.0 Å². The molecule has 0 aliphatic heterocycles. The second kappa shape index (κ2) is 16.0. The van der Waals surface area contributed by atoms with Crippen molar-refractivity contribution in [1.82, 2.24) is 0 Å². The van der Waals surface area contributed by atoms with Gasteiger partial charge in [-0.25, -0.2) is 0 Å². The minimum Gasteiger partial charge on any atom is -0.505 e. The first kappa shape index (κ1) is 38.2. The summed E-state index contributed by atoms with van der Waals surface area (Å²) in [6.45, 7) is 3.56. The quantitative estimate of drug-likeness (QED) is 0.113. The van der Waals surface area contributed by atoms with Crippen LogP contribution in [0.1, 0.15) is 31.8 Å². The smallest absolute Gasteiger partial charge is 0.259 e. The lowest BCUT2D eigenvalue weighted by Gasteiger charge is -2.17. The predicted octanol–water partition coefficient (Wildman–Crippen LogP) is 14.0. The molecule has 0 unspecified atom stereocenters. The number of hydrogen-bond acceptors (Lipinski definition) is 8. The van der Waals surface area contributed by atoms with Crippen molar-refractivity contribution in [2.75, 3.05) is 10.6 Å². The van der Waals surface area contributed by atoms with Crippen LogP contribution < -0.4 is 10.6 Å². The topological polar surface area (TPSA) is 148 Å². The highest BCUT2D eigenvalue weighted by Gasteiger charge is 2.22. The molecule has 14 heteroatoms. The number of halogens is 4. The van der Waals surface area contributed by atoms with Crippen molar-refractivity contribution in [2.24, 2.45) is 20.5 Å². The van der Waals surface area contributed by atoms with Crippen LogP contribution in [0.2, 0.25) is 20.1 Å². The van der Waals surface area contributed by atoms with Gasteiger partial charge in [0, 0.05) is 32.2 Å². The molecule has 7 aromatic rings. The van der Waals surface area contributed by atoms with Gasteiger partial charge in [-0.3, -0.25) is 9.59 Å². The number of nitrogens with zero attached hydrogens (tertiary/aromatic N) is 4. The Kier molecular flexibility index (Phi) is 10.9. The lowest BCUT2D eigenvalue weighted by molar-refractivity contribution is 0.101. The van der Waals surface area contributed by atoms with Crippen molar-refractivity contribution in [3.05, 3.63) is 152 Å². The number of anilines is 2. The van der Waals surface area contributed by atoms with Gasteiger partial charge in [0.2, 0.25) is 0 Å². The van der Waals surface area contributed by atoms with E-state index in [-0.39, 0.29) is 44.0 Å². The maximum Gasteiger partial charge on any atom is 0.259 e. The molecule has 0 aliphatic rings. The second-order valence-electron chi connectivity index (χ2n) is 12.6. The van der Waals surface area contributed by atoms with Crippen LogP contribution in [0, 0.1) is 13.8 Å². The van der Waals surface area contributed by atoms with E-state index in [9.17, 15) is 19.8 Å². The molecule has 0 fully saturated rings. The minimum atomic E-state index is -0.601. The first-order chi connectivity index (χ1) is 26.9. The van der Waals surface area contributed by atoms with Gasteiger partial charge in [-0.1, -0.05) is 94.9 Å². The summed E-state index contributed by atoms with van der Waals surface area (Å²) >= 11 is 24.6. The average molecular weight is 823 g/mol. The van der Waals surface area contributed by atoms with Crippen molar-refractivity contribution in [1.29, 1.82) is 0 Å². The Balaban J connectivity index is 1.16. The number of hydrogen-bond donors (Lipinski definition) is 4. The lowest BCUT2D eigenvalue weighted by atomic mass is 10.0. The number of carbonyl (C=O) groups is 2. The van der Waals surface area contributed by atoms with Crippen LogP contribution in [-0.2, 0) is 0 Å². The van der Waals surface area contributed by atoms with E-state index < -0.39 is 11.8 Å². The fourth-order valence-electron chi connectivity index (χ4n) is 5.99. The molecule has 0 saturated heterocycles. The summed E-state index contributed by atoms with van der Waals surface area (Å²) in [5.41, 5.74) is 2.91. The molecule has 7 aromatic carbocycles. The Hall–Kier alpha value is -6.04. The van der Waals surface area contributed by atoms with Crippen molar-refractivity contribution >= 4 is 114 Å². The predicted molar refractivity (Wildman–Crippen MR) is 224 cm³/mol. The van der Waals surface area contributed by atoms with E-state index in [2.05, 4.69) is 31.1 Å². The molecule has 10 nitrogen and oxygen atoms in total. The van der Waals surface area contributed by atoms with Crippen LogP contribution >= 0.6 is 46.4 Å². The highest BCUT2D eigenvalue weighted by atomic mass is 35.5. The van der Waals surface area contributed by atoms with E-state index in [0.29, 0.717) is 65.5 Å². The number of benzene rings is 7. The van der Waals surface area contributed by atoms with Gasteiger partial charge in [-0.2, -0.15) is 0 Å². The molecule has 0 radical (unpaired) electrons. The molecule has 0 spiro atoms. The summed E-state index contributed by atoms with van der Waals surface area (Å²) < 4.78 is 0. The average Bonchev–Trinajstić information content (AvgIpc) is 3.17. The highest BCUT2D eigenvalue weighted by Crippen LogP contribution is 2.42. The molecule has 0 aromatic heterocycles. The zero-order chi connectivity index (χ0) is 39.7. The number of azo groups is 2. The van der Waals surface area contributed by atoms with E-state index in [0.717, 1.165) is 0 Å². The molecule has 278 valence electrons. The zero-order valence-corrected chi connectivity index (χ0v) is 32.4. The van der Waals surface area contributed by atoms with Crippen LogP contribution in [0.25, 0.3) is 21.5 Å². The normalized spacial score (nSPS) is 11.5. The molecule has 56 heavy (non-hydrogen) atoms. The van der Waals surface area contributed by atoms with Crippen LogP contribution in [0.15, 0.2) is 130 Å². The van der Waals surface area contributed by atoms with E-state index in [1.807, 2.05) is 0 Å². The molecular formula is C42H28Cl4N6O4. The summed E-state index contributed by atoms with van der Waals surface area (Å²) in [5.74, 6) is -1.95. The molecule has 0 bridgehead atoms. The molecule has 2 amide bonds. The number of phenols is 2. The van der Waals surface area contributed by atoms with E-state index in [4.69, 9.17) is 46.4 Å². The van der Waals surface area contributed by atoms with Gasteiger partial charge in [0.15, 0.2) is 11.5 Å². The Morgan fingerprint density at radius 2 is 0.911 bits per heavy atom. The number of carbonyl (C=O) groups excluding carboxylic acids is 2. The highest BCUT2D eigenvalue weighted by molar-refractivity contribution is 6.36. The zero-order valence-electron chi connectivity index (χ0n) is 29.4. The van der Waals surface area contributed by atoms with Crippen LogP contribution in [0.5, 0.6) is 11.5 Å². The Morgan fingerprint density at radius 3 is 1.30 bits per heavy atom. The largest absolute Gasteiger partial charge is 0.505 e. The maximum absolute atomic E-state index is 13.8. The minimum absolute atomic E-state index is 0.0349. The SMILES string of the molecule is Cc1c(NC(=O)c2cc3ccccc3c(N=Nc3ccc(Cl)cc3Cl)c2O)ccc(NC(=O)c2cc3ccccc3c(N=Nc3ccc(Cl)cc3Cl)c2O)c1C. The van der Waals surface area contributed by atoms with Crippen molar-refractivity contribution in [3.63, 3.8) is 0 Å². The Bertz CT molecular complexity index is 2620. The third-order valence-corrected chi connectivity index (χ3v) is 10.2. The molecule has 0 aliphatic carbocycles. The Labute approximate surface area is 340 Å². The summed E-state index contributed by atoms with van der Waals surface area (Å²) in [6.07, 6.45) is 0. The molecule has 0 heterocycles. The summed E-state index contributed by atoms with van der Waals surface area (Å²) in [7, 11) is 0. The van der Waals surface area contributed by atoms with Gasteiger partial charge in [-0.05, 0) is 96.4 Å². The summed E-state index contributed by atoms with van der Waals surface area (Å²) in [6, 6.07) is 30.1. The molecule has 4 N–H and O–H groups in total. The molecule has 0 atom stereocenters. The van der Waals surface area contributed by atoms with E-state index in [1.54, 1.807) is 111 Å². The van der Waals surface area contributed by atoms with Crippen molar-refractivity contribution < 1.29 is 19.8 Å². The Morgan fingerprint density at radius 1 is 0.518 bits per heavy atom. The van der Waals surface area contributed by atoms with Gasteiger partial charge < -0.3 is 20.8 Å². The van der Waals surface area contributed by atoms with Gasteiger partial charge in [0.25, 0.3) is 11.8 Å². The number of phenolic OH excluding ortho intramolecular Hbond substituents is 2. The van der Waals surface area contributed by atoms with Crippen LogP contribution in [0.4, 0.5) is 34.1 Å². The first-order valence-electron chi connectivity index (χ1n) is 16.9. The lowest BCUT2D eigenvalue weighted by Crippen LogP contribution is -2.16. The third kappa shape index (κ3) is 7.73. The van der Waals surface area contributed by atoms with Gasteiger partial charge in [0.1, 0.15) is 22.7 Å². The number of amides is 2. The summed E-state index contributed by atoms with van der Waals surface area (Å²) in [5, 5.41) is 49.3. The van der Waals surface area contributed by atoms with Crippen LogP contribution in [0.3, 0.4) is 0 Å². The first-order valence-corrected chi connectivity index (χ1v) is 18.4. The summed E-state index contributed by atoms with van der Waals surface area (Å²) in [4.78, 5) is 27.5. The fourth-order valence-corrected chi connectivity index (χ4v) is 6.88. The second-order valence-corrected chi connectivity index (χ2v) is 14.3. The number of aromatic hydroxyl groups is 2. The van der Waals surface area contributed by atoms with Crippen molar-refractivity contribution in [2.45, 2.75) is 13.8 Å². The maximum atomic E-state index is 13.8. The molecular weight excluding hydrogens is 794 g/mol. The molecule has 7 rings (SSSR count). The monoisotopic (exact) mass is 820 g/mol. The number of rotatable bonds is 8. The van der Waals surface area contributed by atoms with Crippen molar-refractivity contribution in [3.8, 4) is 11.5 Å². The van der Waals surface area contributed by atoms with E-state index >= 15 is 0 Å².